The fourth-order valence-electron chi connectivity index (χ4n) is 13.8. The van der Waals surface area contributed by atoms with Crippen LogP contribution in [0.5, 0.6) is 17.2 Å². The summed E-state index contributed by atoms with van der Waals surface area (Å²) < 4.78 is 81.4. The van der Waals surface area contributed by atoms with Crippen molar-refractivity contribution in [3.05, 3.63) is 106 Å². The van der Waals surface area contributed by atoms with E-state index in [0.717, 1.165) is 5.56 Å². The average molecular weight is 1660 g/mol. The largest absolute Gasteiger partial charge is 0.505 e. The molecule has 0 saturated carbocycles. The van der Waals surface area contributed by atoms with Crippen molar-refractivity contribution in [3.8, 4) is 17.2 Å². The van der Waals surface area contributed by atoms with E-state index in [9.17, 15) is 48.9 Å². The minimum atomic E-state index is -2.12. The number of hydrogen-bond donors (Lipinski definition) is 9. The van der Waals surface area contributed by atoms with E-state index in [1.165, 1.54) is 53.2 Å². The number of amides is 5. The number of nitrogens with one attached hydrogen (secondary N) is 4. The second kappa shape index (κ2) is 47.7. The monoisotopic (exact) mass is 1660 g/mol. The number of carbonyl (C=O) groups is 7. The minimum Gasteiger partial charge on any atom is -0.505 e. The molecular weight excluding hydrogens is 1530 g/mol. The number of fused-ring (bicyclic) bond motifs is 2. The number of ether oxygens (including phenoxy) is 13. The lowest BCUT2D eigenvalue weighted by molar-refractivity contribution is -0.903. The predicted octanol–water partition coefficient (Wildman–Crippen LogP) is 7.24. The molecule has 11 N–H and O–H groups in total. The fraction of sp³-hybridized carbons (Fsp3) is 0.588. The van der Waals surface area contributed by atoms with Gasteiger partial charge in [0.1, 0.15) is 54.0 Å². The molecule has 3 heterocycles. The number of allylic oxidation sites excluding steroid dienone is 2. The number of ketones is 2. The molecule has 652 valence electrons. The van der Waals surface area contributed by atoms with E-state index in [4.69, 9.17) is 82.4 Å². The van der Waals surface area contributed by atoms with Crippen LogP contribution in [0.25, 0.3) is 33.0 Å². The first kappa shape index (κ1) is 96.1. The lowest BCUT2D eigenvalue weighted by Gasteiger charge is -2.38. The van der Waals surface area contributed by atoms with Crippen LogP contribution in [-0.4, -0.2) is 255 Å². The summed E-state index contributed by atoms with van der Waals surface area (Å²) in [6, 6.07) is 10.6. The first-order valence-electron chi connectivity index (χ1n) is 40.2. The zero-order valence-electron chi connectivity index (χ0n) is 70.3. The first-order valence-corrected chi connectivity index (χ1v) is 40.2. The Morgan fingerprint density at radius 1 is 0.754 bits per heavy atom. The van der Waals surface area contributed by atoms with Crippen LogP contribution in [0.1, 0.15) is 109 Å². The van der Waals surface area contributed by atoms with Gasteiger partial charge >= 0.3 is 17.8 Å². The molecule has 0 spiro atoms. The Bertz CT molecular complexity index is 4300. The number of quaternary nitrogens is 1. The van der Waals surface area contributed by atoms with E-state index in [2.05, 4.69) is 21.3 Å². The number of primary amides is 1. The number of anilines is 2. The third-order valence-electron chi connectivity index (χ3n) is 20.6. The zero-order chi connectivity index (χ0) is 86.2. The molecule has 4 aromatic carbocycles. The lowest BCUT2D eigenvalue weighted by Crippen LogP contribution is -2.46. The van der Waals surface area contributed by atoms with E-state index in [-0.39, 0.29) is 125 Å². The summed E-state index contributed by atoms with van der Waals surface area (Å²) in [6.07, 6.45) is 3.65. The smallest absolute Gasteiger partial charge is 0.312 e. The topological polar surface area (TPSA) is 443 Å². The number of nitrogens with two attached hydrogens (primary N) is 2. The summed E-state index contributed by atoms with van der Waals surface area (Å²) in [5.74, 6) is -9.73. The van der Waals surface area contributed by atoms with E-state index in [0.29, 0.717) is 128 Å². The maximum Gasteiger partial charge on any atom is 0.312 e. The van der Waals surface area contributed by atoms with Crippen LogP contribution in [0.3, 0.4) is 0 Å². The summed E-state index contributed by atoms with van der Waals surface area (Å²) in [7, 11) is 5.47. The number of hydrogen-bond acceptors (Lipinski definition) is 27. The van der Waals surface area contributed by atoms with Crippen molar-refractivity contribution in [1.29, 1.82) is 0 Å². The van der Waals surface area contributed by atoms with Gasteiger partial charge in [-0.2, -0.15) is 0 Å². The van der Waals surface area contributed by atoms with E-state index in [1.54, 1.807) is 84.0 Å². The van der Waals surface area contributed by atoms with E-state index >= 15 is 4.79 Å². The van der Waals surface area contributed by atoms with Crippen LogP contribution >= 0.6 is 0 Å². The number of rotatable bonds is 45. The third kappa shape index (κ3) is 28.3. The van der Waals surface area contributed by atoms with Crippen LogP contribution in [0.2, 0.25) is 0 Å². The highest BCUT2D eigenvalue weighted by molar-refractivity contribution is 6.26. The number of aromatic nitrogens is 1. The summed E-state index contributed by atoms with van der Waals surface area (Å²) in [4.78, 5) is 114. The summed E-state index contributed by atoms with van der Waals surface area (Å²) in [6.45, 7) is 24.2. The number of phenols is 1. The Morgan fingerprint density at radius 2 is 1.35 bits per heavy atom. The van der Waals surface area contributed by atoms with Gasteiger partial charge in [-0.25, -0.2) is 9.78 Å². The molecule has 1 aromatic heterocycles. The first-order chi connectivity index (χ1) is 56.3. The van der Waals surface area contributed by atoms with Crippen molar-refractivity contribution in [3.63, 3.8) is 0 Å². The van der Waals surface area contributed by atoms with Crippen LogP contribution in [0.15, 0.2) is 87.8 Å². The van der Waals surface area contributed by atoms with Gasteiger partial charge in [-0.15, -0.1) is 0 Å². The minimum absolute atomic E-state index is 0.0120. The number of methoxy groups -OCH3 is 1. The normalized spacial score (nSPS) is 21.5. The van der Waals surface area contributed by atoms with Crippen molar-refractivity contribution in [2.24, 2.45) is 47.0 Å². The summed E-state index contributed by atoms with van der Waals surface area (Å²) in [5, 5.41) is 46.3. The van der Waals surface area contributed by atoms with Crippen molar-refractivity contribution in [2.45, 2.75) is 138 Å². The molecule has 118 heavy (non-hydrogen) atoms. The van der Waals surface area contributed by atoms with Crippen molar-refractivity contribution >= 4 is 85.6 Å². The van der Waals surface area contributed by atoms with Gasteiger partial charge in [0, 0.05) is 110 Å². The average Bonchev–Trinajstić information content (AvgIpc) is 1.49. The van der Waals surface area contributed by atoms with Gasteiger partial charge in [0.05, 0.1) is 161 Å². The number of phenolic OH excluding ortho intramolecular Hbond substituents is 1. The molecule has 33 heteroatoms. The van der Waals surface area contributed by atoms with Crippen molar-refractivity contribution < 1.29 is 119 Å². The van der Waals surface area contributed by atoms with E-state index in [1.807, 2.05) is 26.2 Å². The SMILES string of the molecule is CO[C@H]1/C=C/O[C@@]2(C)Oc3c(C)c(=O)c4c(O)c(c5oc6cc(OCC[N+](C)(C)Cc7ccc(NC(=O)[C@H](CCCNC(N)=O)CC(=O)[C@@H](NC(=O)CCOCCOCCOCCOCCOCCOCCOCCOCCN)C(C)C)cc7)ccc6nc5c4c3C2=O)NC(=O)/C(C)=C\C=C\[C@H](C)[C@H](O)[C@@H](C)[C@@H](O)[C@@H](C)[C@H](OC(C)=O)[C@@H]1C. The third-order valence-corrected chi connectivity index (χ3v) is 20.6. The highest BCUT2D eigenvalue weighted by atomic mass is 16.7. The zero-order valence-corrected chi connectivity index (χ0v) is 70.3. The van der Waals surface area contributed by atoms with Crippen LogP contribution in [0.4, 0.5) is 16.2 Å². The molecule has 5 amide bonds. The molecule has 4 bridgehead atoms. The molecule has 11 atom stereocenters. The van der Waals surface area contributed by atoms with Gasteiger partial charge < -0.3 is 119 Å². The number of aliphatic hydroxyl groups excluding tert-OH is 2. The molecular formula is C85H123N8O25+. The second-order valence-corrected chi connectivity index (χ2v) is 30.7. The van der Waals surface area contributed by atoms with Gasteiger partial charge in [0.15, 0.2) is 28.1 Å². The molecule has 2 aliphatic rings. The highest BCUT2D eigenvalue weighted by Crippen LogP contribution is 2.49. The number of Topliss-reactive ketones (excluding diaryl/α,β-unsaturated/α-hetero) is 2. The highest BCUT2D eigenvalue weighted by Gasteiger charge is 2.50. The standard InChI is InChI=1S/C85H122N8O25/c1-51(2)71(91-67(96)26-30-106-34-36-108-38-40-110-42-44-112-46-47-113-45-43-111-41-39-109-37-35-107-32-27-86)64(95)48-60(18-15-28-88-84(87)104)83(103)89-61-21-19-59(20-22-61)50-93(11,12)29-33-114-62-23-24-63-66(49-62)117-80-72(90-63)68-69-76(99)57(8)79-70(68)81(101)85(10,118-79)115-31-25-65(105-13)54(5)78(116-58(9)94)56(7)75(98)55(6)74(97)52(3)16-14-17-53(4)82(102)92-73(80)77(69)100/h14,16-17,19-25,31,49,51-52,54-56,60,65,71,74-75,78,97-98H,15,18,26-30,32-48,50,86H2,1-13H3,(H6-,87,88,89,90,91,92,96,99,100,101,102,103,104)/p+1/b16-14+,31-25+,53-17-/t52-,54+,55+,56+,60+,65-,71-,74-,75+,78+,85-/m0/s1. The number of aliphatic hydroxyl groups is 2. The van der Waals surface area contributed by atoms with E-state index < -0.39 is 113 Å². The van der Waals surface area contributed by atoms with Crippen LogP contribution in [-0.2, 0) is 82.6 Å². The lowest BCUT2D eigenvalue weighted by atomic mass is 9.78. The number of nitrogens with zero attached hydrogens (tertiary/aromatic N) is 2. The van der Waals surface area contributed by atoms with Gasteiger partial charge in [-0.3, -0.25) is 33.6 Å². The Labute approximate surface area is 688 Å². The number of benzene rings is 4. The molecule has 0 radical (unpaired) electrons. The van der Waals surface area contributed by atoms with Gasteiger partial charge in [0.2, 0.25) is 11.8 Å². The Hall–Kier alpha value is -9.07. The molecule has 33 nitrogen and oxygen atoms in total. The molecule has 0 aliphatic carbocycles. The van der Waals surface area contributed by atoms with Crippen molar-refractivity contribution in [2.75, 3.05) is 164 Å². The Morgan fingerprint density at radius 3 is 1.92 bits per heavy atom. The molecule has 0 unspecified atom stereocenters. The molecule has 0 saturated heterocycles. The molecule has 2 aliphatic heterocycles. The Balaban J connectivity index is 0.952. The predicted molar refractivity (Wildman–Crippen MR) is 440 cm³/mol. The number of carbonyl (C=O) groups excluding carboxylic acids is 7. The van der Waals surface area contributed by atoms with Gasteiger partial charge in [-0.1, -0.05) is 71.9 Å². The Kier molecular flexibility index (Phi) is 38.8. The number of esters is 1. The maximum absolute atomic E-state index is 15.0. The molecule has 5 aromatic rings. The van der Waals surface area contributed by atoms with Gasteiger partial charge in [0.25, 0.3) is 11.7 Å². The maximum atomic E-state index is 15.0. The molecule has 0 fully saturated rings. The number of aromatic hydroxyl groups is 1. The van der Waals surface area contributed by atoms with Gasteiger partial charge in [-0.05, 0) is 62.9 Å². The van der Waals surface area contributed by atoms with Crippen molar-refractivity contribution in [1.82, 2.24) is 15.6 Å². The quantitative estimate of drug-likeness (QED) is 0.00463. The number of urea groups is 1. The molecule has 7 rings (SSSR count). The van der Waals surface area contributed by atoms with Crippen LogP contribution in [0, 0.1) is 42.4 Å². The summed E-state index contributed by atoms with van der Waals surface area (Å²) in [5.41, 5.74) is 11.0. The second-order valence-electron chi connectivity index (χ2n) is 30.7. The number of likely N-dealkylation sites (N-methyl/N-ethyl adjacent to an activating group) is 1. The fourth-order valence-corrected chi connectivity index (χ4v) is 13.8. The summed E-state index contributed by atoms with van der Waals surface area (Å²) >= 11 is 0. The van der Waals surface area contributed by atoms with Crippen LogP contribution < -0.4 is 47.6 Å².